The Kier molecular flexibility index (Phi) is 23.7. The number of rotatable bonds is 24. The summed E-state index contributed by atoms with van der Waals surface area (Å²) in [5, 5.41) is 90.6. The highest BCUT2D eigenvalue weighted by Gasteiger charge is 2.37. The lowest BCUT2D eigenvalue weighted by Crippen LogP contribution is -2.49. The third kappa shape index (κ3) is 12.8. The van der Waals surface area contributed by atoms with Gasteiger partial charge in [-0.25, -0.2) is 0 Å². The lowest BCUT2D eigenvalue weighted by molar-refractivity contribution is -0.108. The summed E-state index contributed by atoms with van der Waals surface area (Å²) in [6.45, 7) is -7.01. The van der Waals surface area contributed by atoms with E-state index in [1.54, 1.807) is 136 Å². The Balaban J connectivity index is 2.81. The number of aliphatic hydroxyl groups excluding tert-OH is 9. The first kappa shape index (κ1) is 55.4. The molecule has 0 heterocycles. The maximum atomic E-state index is 14.2. The summed E-state index contributed by atoms with van der Waals surface area (Å²) in [5.74, 6) is -3.92. The average Bonchev–Trinajstić information content (AvgIpc) is 3.19. The molecule has 0 spiro atoms. The number of halogens is 6. The third-order valence-electron chi connectivity index (χ3n) is 8.63. The summed E-state index contributed by atoms with van der Waals surface area (Å²) in [4.78, 5) is 83.2. The molecule has 2 aromatic rings. The van der Waals surface area contributed by atoms with Gasteiger partial charge in [-0.2, -0.15) is 0 Å². The van der Waals surface area contributed by atoms with Gasteiger partial charge in [-0.1, -0.05) is 0 Å². The SMILES string of the molecule is NC(=O)c1c(I)c(C(=O)N(CC(O)CO)C(CO)CO)c(I)c(N(C=O)CC(O)CN(C=O)c2c(I)c(C(N)=O)c(I)c(C(=O)N(CC(O)CO)C(CO)CO)c2I)c1I. The molecule has 60 heavy (non-hydrogen) atoms. The number of benzene rings is 2. The number of nitrogens with two attached hydrogens (primary N) is 2. The average molecular weight is 1520 g/mol. The van der Waals surface area contributed by atoms with Crippen molar-refractivity contribution < 1.29 is 74.7 Å². The standard InChI is InChI=1S/C33H40I6N6O15/c34-22-18(30(40)57)24(36)28(26(38)20(22)32(59)44(3-16(55)9-50)13(5-46)6-47)42(11-52)1-15(54)2-43(12-53)29-25(37)19(31(41)58)23(35)21(27(29)39)33(60)45(4-17(56)10-51)14(7-48)8-49/h11-17,46-51,54-56H,1-10H2,(H2,40,57)(H2,41,58). The van der Waals surface area contributed by atoms with Gasteiger partial charge in [-0.05, 0) is 136 Å². The minimum absolute atomic E-state index is 0.00601. The molecule has 0 bridgehead atoms. The summed E-state index contributed by atoms with van der Waals surface area (Å²) in [6.07, 6.45) is -4.12. The fraction of sp³-hybridized carbons (Fsp3) is 0.455. The van der Waals surface area contributed by atoms with Crippen LogP contribution in [0.1, 0.15) is 41.4 Å². The van der Waals surface area contributed by atoms with Gasteiger partial charge in [0.1, 0.15) is 0 Å². The Morgan fingerprint density at radius 3 is 0.983 bits per heavy atom. The smallest absolute Gasteiger partial charge is 0.256 e. The first-order valence-corrected chi connectivity index (χ1v) is 23.4. The Bertz CT molecular complexity index is 1790. The van der Waals surface area contributed by atoms with Crippen LogP contribution in [0.25, 0.3) is 0 Å². The monoisotopic (exact) mass is 1520 g/mol. The Morgan fingerprint density at radius 2 is 0.750 bits per heavy atom. The Labute approximate surface area is 424 Å². The van der Waals surface area contributed by atoms with E-state index in [0.29, 0.717) is 0 Å². The number of primary amides is 2. The number of carbonyl (C=O) groups is 6. The van der Waals surface area contributed by atoms with Gasteiger partial charge in [0.15, 0.2) is 0 Å². The largest absolute Gasteiger partial charge is 0.394 e. The lowest BCUT2D eigenvalue weighted by atomic mass is 10.0. The van der Waals surface area contributed by atoms with Gasteiger partial charge in [0.05, 0.1) is 131 Å². The van der Waals surface area contributed by atoms with Crippen molar-refractivity contribution in [2.24, 2.45) is 11.5 Å². The van der Waals surface area contributed by atoms with Crippen LogP contribution < -0.4 is 21.3 Å². The molecule has 0 fully saturated rings. The topological polar surface area (TPSA) is 349 Å². The van der Waals surface area contributed by atoms with Crippen molar-refractivity contribution in [1.29, 1.82) is 0 Å². The second-order valence-corrected chi connectivity index (χ2v) is 19.1. The molecule has 0 saturated heterocycles. The van der Waals surface area contributed by atoms with E-state index in [1.165, 1.54) is 0 Å². The van der Waals surface area contributed by atoms with Crippen LogP contribution in [0.3, 0.4) is 0 Å². The molecule has 0 aliphatic rings. The predicted octanol–water partition coefficient (Wildman–Crippen LogP) is -2.20. The molecule has 0 aliphatic carbocycles. The fourth-order valence-electron chi connectivity index (χ4n) is 5.66. The highest BCUT2D eigenvalue weighted by molar-refractivity contribution is 14.1. The number of nitrogens with zero attached hydrogens (tertiary/aromatic N) is 4. The molecule has 21 nitrogen and oxygen atoms in total. The number of hydrogen-bond acceptors (Lipinski definition) is 15. The van der Waals surface area contributed by atoms with Gasteiger partial charge in [0, 0.05) is 20.2 Å². The molecule has 6 amide bonds. The van der Waals surface area contributed by atoms with Crippen LogP contribution in [0.5, 0.6) is 0 Å². The molecule has 2 unspecified atom stereocenters. The molecule has 0 radical (unpaired) electrons. The molecule has 2 aromatic carbocycles. The summed E-state index contributed by atoms with van der Waals surface area (Å²) < 4.78 is 0.193. The molecule has 0 aliphatic heterocycles. The van der Waals surface area contributed by atoms with E-state index in [2.05, 4.69) is 0 Å². The van der Waals surface area contributed by atoms with E-state index in [1.807, 2.05) is 0 Å². The molecule has 27 heteroatoms. The molecule has 0 aromatic heterocycles. The first-order valence-electron chi connectivity index (χ1n) is 16.9. The second-order valence-electron chi connectivity index (χ2n) is 12.6. The summed E-state index contributed by atoms with van der Waals surface area (Å²) in [7, 11) is 0. The van der Waals surface area contributed by atoms with Crippen molar-refractivity contribution in [3.8, 4) is 0 Å². The second kappa shape index (κ2) is 25.7. The summed E-state index contributed by atoms with van der Waals surface area (Å²) in [5.41, 5.74) is 10.4. The molecule has 334 valence electrons. The molecular weight excluding hydrogens is 1480 g/mol. The zero-order valence-corrected chi connectivity index (χ0v) is 43.7. The summed E-state index contributed by atoms with van der Waals surface area (Å²) in [6, 6.07) is -2.55. The van der Waals surface area contributed by atoms with Crippen molar-refractivity contribution in [3.05, 3.63) is 43.7 Å². The number of amides is 6. The number of hydrogen-bond donors (Lipinski definition) is 11. The number of aliphatic hydroxyl groups is 9. The fourth-order valence-corrected chi connectivity index (χ4v) is 15.2. The highest BCUT2D eigenvalue weighted by Crippen LogP contribution is 2.40. The third-order valence-corrected chi connectivity index (χ3v) is 15.0. The predicted molar refractivity (Wildman–Crippen MR) is 263 cm³/mol. The lowest BCUT2D eigenvalue weighted by Gasteiger charge is -2.33. The van der Waals surface area contributed by atoms with Gasteiger partial charge in [-0.3, -0.25) is 28.8 Å². The van der Waals surface area contributed by atoms with Crippen LogP contribution in [0.4, 0.5) is 11.4 Å². The van der Waals surface area contributed by atoms with Crippen LogP contribution in [0, 0.1) is 21.4 Å². The molecular formula is C33H40I6N6O15. The summed E-state index contributed by atoms with van der Waals surface area (Å²) >= 11 is 10.2. The minimum Gasteiger partial charge on any atom is -0.394 e. The van der Waals surface area contributed by atoms with E-state index in [9.17, 15) is 74.7 Å². The van der Waals surface area contributed by atoms with Gasteiger partial charge in [-0.15, -0.1) is 0 Å². The number of carbonyl (C=O) groups excluding carboxylic acids is 6. The molecule has 0 saturated carbocycles. The van der Waals surface area contributed by atoms with Crippen LogP contribution >= 0.6 is 136 Å². The molecule has 13 N–H and O–H groups in total. The van der Waals surface area contributed by atoms with Gasteiger partial charge in [0.2, 0.25) is 12.8 Å². The van der Waals surface area contributed by atoms with Gasteiger partial charge < -0.3 is 77.0 Å². The van der Waals surface area contributed by atoms with E-state index in [0.717, 1.165) is 19.6 Å². The van der Waals surface area contributed by atoms with E-state index in [4.69, 9.17) is 11.5 Å². The van der Waals surface area contributed by atoms with E-state index < -0.39 is 120 Å². The van der Waals surface area contributed by atoms with Crippen molar-refractivity contribution in [3.63, 3.8) is 0 Å². The minimum atomic E-state index is -1.65. The highest BCUT2D eigenvalue weighted by atomic mass is 127. The Morgan fingerprint density at radius 1 is 0.467 bits per heavy atom. The van der Waals surface area contributed by atoms with Gasteiger partial charge >= 0.3 is 0 Å². The van der Waals surface area contributed by atoms with Crippen molar-refractivity contribution in [1.82, 2.24) is 9.80 Å². The van der Waals surface area contributed by atoms with E-state index >= 15 is 0 Å². The molecule has 2 atom stereocenters. The first-order chi connectivity index (χ1) is 28.2. The maximum Gasteiger partial charge on any atom is 0.256 e. The van der Waals surface area contributed by atoms with Crippen LogP contribution in [0.15, 0.2) is 0 Å². The van der Waals surface area contributed by atoms with Gasteiger partial charge in [0.25, 0.3) is 23.6 Å². The van der Waals surface area contributed by atoms with E-state index in [-0.39, 0.29) is 67.9 Å². The van der Waals surface area contributed by atoms with Crippen molar-refractivity contribution >= 4 is 183 Å². The van der Waals surface area contributed by atoms with Crippen molar-refractivity contribution in [2.75, 3.05) is 75.6 Å². The zero-order chi connectivity index (χ0) is 45.9. The maximum absolute atomic E-state index is 14.2. The van der Waals surface area contributed by atoms with Crippen LogP contribution in [-0.2, 0) is 9.59 Å². The normalized spacial score (nSPS) is 12.9. The van der Waals surface area contributed by atoms with Crippen LogP contribution in [0.2, 0.25) is 0 Å². The Hall–Kier alpha value is -0.720. The zero-order valence-electron chi connectivity index (χ0n) is 30.8. The van der Waals surface area contributed by atoms with Crippen LogP contribution in [-0.4, -0.2) is 188 Å². The van der Waals surface area contributed by atoms with Crippen molar-refractivity contribution in [2.45, 2.75) is 30.4 Å². The quantitative estimate of drug-likeness (QED) is 0.0393. The number of anilines is 2. The molecule has 2 rings (SSSR count).